The first-order chi connectivity index (χ1) is 15.3. The van der Waals surface area contributed by atoms with E-state index in [9.17, 15) is 18.3 Å². The van der Waals surface area contributed by atoms with Crippen molar-refractivity contribution in [1.29, 1.82) is 0 Å². The average molecular weight is 467 g/mol. The second-order valence-corrected chi connectivity index (χ2v) is 8.72. The summed E-state index contributed by atoms with van der Waals surface area (Å²) in [6, 6.07) is 10.8. The summed E-state index contributed by atoms with van der Waals surface area (Å²) in [7, 11) is -0.596. The summed E-state index contributed by atoms with van der Waals surface area (Å²) >= 11 is 0. The number of sulfonamides is 1. The molecular weight excluding hydrogens is 436 g/mol. The van der Waals surface area contributed by atoms with Crippen LogP contribution in [0.3, 0.4) is 0 Å². The first-order valence-electron chi connectivity index (χ1n) is 10.2. The molecule has 0 saturated carbocycles. The zero-order valence-electron chi connectivity index (χ0n) is 18.7. The predicted octanol–water partition coefficient (Wildman–Crippen LogP) is 1.90. The van der Waals surface area contributed by atoms with E-state index in [4.69, 9.17) is 14.2 Å². The van der Waals surface area contributed by atoms with Crippen molar-refractivity contribution in [2.75, 3.05) is 40.5 Å². The Hall–Kier alpha value is -2.82. The Labute approximate surface area is 189 Å². The highest BCUT2D eigenvalue weighted by molar-refractivity contribution is 7.89. The Balaban J connectivity index is 1.94. The van der Waals surface area contributed by atoms with Gasteiger partial charge in [-0.05, 0) is 36.4 Å². The minimum atomic E-state index is -3.59. The molecule has 0 aliphatic carbocycles. The molecule has 0 fully saturated rings. The molecule has 0 aliphatic rings. The Morgan fingerprint density at radius 1 is 1.03 bits per heavy atom. The highest BCUT2D eigenvalue weighted by Crippen LogP contribution is 2.36. The van der Waals surface area contributed by atoms with E-state index < -0.39 is 22.0 Å². The van der Waals surface area contributed by atoms with Crippen molar-refractivity contribution in [2.24, 2.45) is 0 Å². The molecule has 0 bridgehead atoms. The molecule has 0 heterocycles. The molecule has 0 radical (unpaired) electrons. The van der Waals surface area contributed by atoms with Gasteiger partial charge in [0.15, 0.2) is 11.5 Å². The van der Waals surface area contributed by atoms with Crippen LogP contribution in [0.25, 0.3) is 0 Å². The Kier molecular flexibility index (Phi) is 9.30. The van der Waals surface area contributed by atoms with Gasteiger partial charge in [-0.3, -0.25) is 4.79 Å². The standard InChI is InChI=1S/C22H30N2O7S/c1-5-24(6-2)32(27,28)18-12-10-16(11-13-18)22(26)23-14-17(25)15-31-21-19(29-3)8-7-9-20(21)30-4/h7-13,17,25H,5-6,14-15H2,1-4H3,(H,23,26). The van der Waals surface area contributed by atoms with Crippen LogP contribution in [-0.4, -0.2) is 70.3 Å². The van der Waals surface area contributed by atoms with E-state index in [1.807, 2.05) is 0 Å². The number of ether oxygens (including phenoxy) is 3. The topological polar surface area (TPSA) is 114 Å². The minimum Gasteiger partial charge on any atom is -0.493 e. The molecule has 0 saturated heterocycles. The zero-order chi connectivity index (χ0) is 23.7. The fourth-order valence-corrected chi connectivity index (χ4v) is 4.46. The van der Waals surface area contributed by atoms with E-state index in [0.29, 0.717) is 30.3 Å². The number of aliphatic hydroxyl groups excluding tert-OH is 1. The number of benzene rings is 2. The molecule has 0 spiro atoms. The number of rotatable bonds is 12. The molecule has 2 aromatic rings. The number of amides is 1. The van der Waals surface area contributed by atoms with Crippen LogP contribution in [-0.2, 0) is 10.0 Å². The van der Waals surface area contributed by atoms with Crippen LogP contribution in [0.1, 0.15) is 24.2 Å². The number of carbonyl (C=O) groups excluding carboxylic acids is 1. The molecule has 176 valence electrons. The van der Waals surface area contributed by atoms with Gasteiger partial charge in [0.1, 0.15) is 12.7 Å². The van der Waals surface area contributed by atoms with Gasteiger partial charge in [-0.15, -0.1) is 0 Å². The predicted molar refractivity (Wildman–Crippen MR) is 120 cm³/mol. The number of hydrogen-bond donors (Lipinski definition) is 2. The van der Waals surface area contributed by atoms with E-state index in [0.717, 1.165) is 0 Å². The Morgan fingerprint density at radius 3 is 2.09 bits per heavy atom. The molecule has 0 aromatic heterocycles. The summed E-state index contributed by atoms with van der Waals surface area (Å²) in [5.74, 6) is 0.833. The summed E-state index contributed by atoms with van der Waals surface area (Å²) in [6.45, 7) is 4.10. The highest BCUT2D eigenvalue weighted by Gasteiger charge is 2.22. The van der Waals surface area contributed by atoms with Gasteiger partial charge in [0.05, 0.1) is 19.1 Å². The van der Waals surface area contributed by atoms with Crippen LogP contribution in [0, 0.1) is 0 Å². The number of hydrogen-bond acceptors (Lipinski definition) is 7. The number of nitrogens with one attached hydrogen (secondary N) is 1. The lowest BCUT2D eigenvalue weighted by Crippen LogP contribution is -2.35. The molecule has 10 heteroatoms. The van der Waals surface area contributed by atoms with Gasteiger partial charge in [-0.2, -0.15) is 4.31 Å². The SMILES string of the molecule is CCN(CC)S(=O)(=O)c1ccc(C(=O)NCC(O)COc2c(OC)cccc2OC)cc1. The monoisotopic (exact) mass is 466 g/mol. The van der Waals surface area contributed by atoms with Crippen LogP contribution in [0.2, 0.25) is 0 Å². The second-order valence-electron chi connectivity index (χ2n) is 6.78. The molecule has 2 N–H and O–H groups in total. The van der Waals surface area contributed by atoms with Crippen molar-refractivity contribution in [3.63, 3.8) is 0 Å². The number of nitrogens with zero attached hydrogens (tertiary/aromatic N) is 1. The van der Waals surface area contributed by atoms with Crippen molar-refractivity contribution in [3.05, 3.63) is 48.0 Å². The van der Waals surface area contributed by atoms with Crippen LogP contribution in [0.15, 0.2) is 47.4 Å². The van der Waals surface area contributed by atoms with E-state index in [2.05, 4.69) is 5.32 Å². The van der Waals surface area contributed by atoms with Gasteiger partial charge in [0.25, 0.3) is 5.91 Å². The molecule has 2 aromatic carbocycles. The Bertz CT molecular complexity index is 968. The number of para-hydroxylation sites is 1. The average Bonchev–Trinajstić information content (AvgIpc) is 2.81. The fourth-order valence-electron chi connectivity index (χ4n) is 3.00. The van der Waals surface area contributed by atoms with Gasteiger partial charge >= 0.3 is 0 Å². The first-order valence-corrected chi connectivity index (χ1v) is 11.6. The summed E-state index contributed by atoms with van der Waals surface area (Å²) in [6.07, 6.45) is -0.990. The summed E-state index contributed by atoms with van der Waals surface area (Å²) < 4.78 is 42.5. The Morgan fingerprint density at radius 2 is 1.59 bits per heavy atom. The minimum absolute atomic E-state index is 0.0597. The zero-order valence-corrected chi connectivity index (χ0v) is 19.5. The summed E-state index contributed by atoms with van der Waals surface area (Å²) in [4.78, 5) is 12.5. The largest absolute Gasteiger partial charge is 0.493 e. The lowest BCUT2D eigenvalue weighted by molar-refractivity contribution is 0.0833. The van der Waals surface area contributed by atoms with Gasteiger partial charge in [0, 0.05) is 25.2 Å². The van der Waals surface area contributed by atoms with Gasteiger partial charge in [-0.1, -0.05) is 19.9 Å². The van der Waals surface area contributed by atoms with Crippen molar-refractivity contribution in [2.45, 2.75) is 24.8 Å². The van der Waals surface area contributed by atoms with Crippen molar-refractivity contribution >= 4 is 15.9 Å². The maximum atomic E-state index is 12.5. The third-order valence-corrected chi connectivity index (χ3v) is 6.82. The molecule has 32 heavy (non-hydrogen) atoms. The third-order valence-electron chi connectivity index (χ3n) is 4.76. The van der Waals surface area contributed by atoms with Crippen molar-refractivity contribution < 1.29 is 32.5 Å². The molecular formula is C22H30N2O7S. The van der Waals surface area contributed by atoms with Crippen molar-refractivity contribution in [3.8, 4) is 17.2 Å². The normalized spacial score (nSPS) is 12.3. The quantitative estimate of drug-likeness (QED) is 0.491. The van der Waals surface area contributed by atoms with Crippen LogP contribution < -0.4 is 19.5 Å². The number of carbonyl (C=O) groups is 1. The van der Waals surface area contributed by atoms with Gasteiger partial charge in [0.2, 0.25) is 15.8 Å². The van der Waals surface area contributed by atoms with Crippen LogP contribution in [0.5, 0.6) is 17.2 Å². The number of methoxy groups -OCH3 is 2. The van der Waals surface area contributed by atoms with E-state index >= 15 is 0 Å². The van der Waals surface area contributed by atoms with E-state index in [-0.39, 0.29) is 23.6 Å². The molecule has 9 nitrogen and oxygen atoms in total. The van der Waals surface area contributed by atoms with Crippen molar-refractivity contribution in [1.82, 2.24) is 9.62 Å². The molecule has 2 rings (SSSR count). The lowest BCUT2D eigenvalue weighted by atomic mass is 10.2. The molecule has 1 unspecified atom stereocenters. The molecule has 1 atom stereocenters. The molecule has 0 aliphatic heterocycles. The van der Waals surface area contributed by atoms with Crippen LogP contribution >= 0.6 is 0 Å². The smallest absolute Gasteiger partial charge is 0.251 e. The first kappa shape index (κ1) is 25.4. The summed E-state index contributed by atoms with van der Waals surface area (Å²) in [5.41, 5.74) is 0.281. The number of aliphatic hydroxyl groups is 1. The fraction of sp³-hybridized carbons (Fsp3) is 0.409. The lowest BCUT2D eigenvalue weighted by Gasteiger charge is -2.18. The van der Waals surface area contributed by atoms with Gasteiger partial charge in [-0.25, -0.2) is 8.42 Å². The maximum absolute atomic E-state index is 12.5. The van der Waals surface area contributed by atoms with Crippen LogP contribution in [0.4, 0.5) is 0 Å². The maximum Gasteiger partial charge on any atom is 0.251 e. The van der Waals surface area contributed by atoms with E-state index in [1.165, 1.54) is 42.8 Å². The van der Waals surface area contributed by atoms with Gasteiger partial charge < -0.3 is 24.6 Å². The van der Waals surface area contributed by atoms with E-state index in [1.54, 1.807) is 32.0 Å². The summed E-state index contributed by atoms with van der Waals surface area (Å²) in [5, 5.41) is 12.8. The molecule has 1 amide bonds. The second kappa shape index (κ2) is 11.7. The third kappa shape index (κ3) is 6.12. The highest BCUT2D eigenvalue weighted by atomic mass is 32.2.